The van der Waals surface area contributed by atoms with Crippen LogP contribution < -0.4 is 4.74 Å². The first-order valence-corrected chi connectivity index (χ1v) is 6.69. The number of ether oxygens (including phenoxy) is 2. The van der Waals surface area contributed by atoms with Crippen molar-refractivity contribution in [2.24, 2.45) is 0 Å². The van der Waals surface area contributed by atoms with Gasteiger partial charge < -0.3 is 14.5 Å². The lowest BCUT2D eigenvalue weighted by molar-refractivity contribution is 0.0756. The molecule has 19 heavy (non-hydrogen) atoms. The Morgan fingerprint density at radius 2 is 2.21 bits per heavy atom. The number of aromatic nitrogens is 4. The van der Waals surface area contributed by atoms with E-state index in [-0.39, 0.29) is 12.1 Å². The Bertz CT molecular complexity index is 651. The van der Waals surface area contributed by atoms with Crippen molar-refractivity contribution in [3.05, 3.63) is 11.1 Å². The van der Waals surface area contributed by atoms with Crippen molar-refractivity contribution in [3.8, 4) is 5.88 Å². The Hall–Kier alpha value is -1.47. The molecule has 2 unspecified atom stereocenters. The van der Waals surface area contributed by atoms with E-state index < -0.39 is 0 Å². The van der Waals surface area contributed by atoms with Crippen LogP contribution in [-0.2, 0) is 4.74 Å². The first kappa shape index (κ1) is 12.6. The van der Waals surface area contributed by atoms with Crippen molar-refractivity contribution in [1.82, 2.24) is 19.5 Å². The molecular weight excluding hydrogens is 264 g/mol. The van der Waals surface area contributed by atoms with Crippen LogP contribution in [0.3, 0.4) is 0 Å². The predicted molar refractivity (Wildman–Crippen MR) is 72.9 cm³/mol. The second-order valence-electron chi connectivity index (χ2n) is 4.65. The first-order valence-electron chi connectivity index (χ1n) is 6.28. The number of methoxy groups -OCH3 is 2. The van der Waals surface area contributed by atoms with Crippen LogP contribution in [0.1, 0.15) is 25.3 Å². The van der Waals surface area contributed by atoms with E-state index in [1.54, 1.807) is 14.2 Å². The fourth-order valence-electron chi connectivity index (χ4n) is 2.86. The van der Waals surface area contributed by atoms with Gasteiger partial charge in [0.25, 0.3) is 0 Å². The van der Waals surface area contributed by atoms with E-state index in [9.17, 15) is 0 Å². The van der Waals surface area contributed by atoms with Crippen molar-refractivity contribution in [2.45, 2.75) is 31.4 Å². The molecular formula is C12H16N4O2S. The summed E-state index contributed by atoms with van der Waals surface area (Å²) in [5, 5.41) is 0. The lowest BCUT2D eigenvalue weighted by atomic mass is 10.2. The molecule has 0 aliphatic heterocycles. The summed E-state index contributed by atoms with van der Waals surface area (Å²) in [6.45, 7) is 0. The number of rotatable bonds is 3. The molecule has 2 atom stereocenters. The maximum atomic E-state index is 5.55. The van der Waals surface area contributed by atoms with Crippen LogP contribution >= 0.6 is 12.2 Å². The lowest BCUT2D eigenvalue weighted by Crippen LogP contribution is -2.21. The average molecular weight is 280 g/mol. The molecule has 0 radical (unpaired) electrons. The standard InChI is InChI=1S/C12H16N4O2S/c1-17-8-5-3-4-7(8)16-10-9(15-12(16)19)11(18-2)14-6-13-10/h6-8H,3-5H2,1-2H3,(H,15,19). The minimum Gasteiger partial charge on any atom is -0.479 e. The van der Waals surface area contributed by atoms with Gasteiger partial charge in [-0.3, -0.25) is 4.57 Å². The van der Waals surface area contributed by atoms with Crippen LogP contribution in [0.15, 0.2) is 6.33 Å². The summed E-state index contributed by atoms with van der Waals surface area (Å²) in [5.41, 5.74) is 1.53. The Morgan fingerprint density at radius 3 is 2.95 bits per heavy atom. The van der Waals surface area contributed by atoms with Crippen molar-refractivity contribution < 1.29 is 9.47 Å². The zero-order valence-corrected chi connectivity index (χ0v) is 11.7. The van der Waals surface area contributed by atoms with Crippen LogP contribution in [0.4, 0.5) is 0 Å². The van der Waals surface area contributed by atoms with Crippen molar-refractivity contribution in [3.63, 3.8) is 0 Å². The molecule has 2 heterocycles. The molecule has 1 N–H and O–H groups in total. The van der Waals surface area contributed by atoms with E-state index >= 15 is 0 Å². The SMILES string of the molecule is COc1ncnc2c1[nH]c(=S)n2C1CCCC1OC. The molecule has 0 amide bonds. The smallest absolute Gasteiger partial charge is 0.242 e. The van der Waals surface area contributed by atoms with Gasteiger partial charge in [-0.05, 0) is 31.5 Å². The van der Waals surface area contributed by atoms with E-state index in [0.717, 1.165) is 30.4 Å². The van der Waals surface area contributed by atoms with E-state index in [1.165, 1.54) is 6.33 Å². The van der Waals surface area contributed by atoms with Gasteiger partial charge in [-0.1, -0.05) is 0 Å². The van der Waals surface area contributed by atoms with Gasteiger partial charge in [0.05, 0.1) is 19.3 Å². The molecule has 3 rings (SSSR count). The Balaban J connectivity index is 2.18. The Labute approximate surface area is 115 Å². The summed E-state index contributed by atoms with van der Waals surface area (Å²) in [5.74, 6) is 0.516. The second kappa shape index (κ2) is 4.90. The summed E-state index contributed by atoms with van der Waals surface area (Å²) in [4.78, 5) is 11.6. The molecule has 0 saturated heterocycles. The summed E-state index contributed by atoms with van der Waals surface area (Å²) in [6, 6.07) is 0.228. The van der Waals surface area contributed by atoms with Gasteiger partial charge in [0.2, 0.25) is 5.88 Å². The number of hydrogen-bond acceptors (Lipinski definition) is 5. The molecule has 1 saturated carbocycles. The zero-order chi connectivity index (χ0) is 13.4. The summed E-state index contributed by atoms with van der Waals surface area (Å²) in [7, 11) is 3.33. The first-order chi connectivity index (χ1) is 9.26. The van der Waals surface area contributed by atoms with Crippen molar-refractivity contribution >= 4 is 23.4 Å². The number of aromatic amines is 1. The quantitative estimate of drug-likeness (QED) is 0.873. The number of H-pyrrole nitrogens is 1. The third-order valence-electron chi connectivity index (χ3n) is 3.72. The van der Waals surface area contributed by atoms with Crippen LogP contribution in [0.2, 0.25) is 0 Å². The molecule has 2 aromatic rings. The molecule has 1 aliphatic rings. The molecule has 102 valence electrons. The van der Waals surface area contributed by atoms with Crippen LogP contribution in [0.25, 0.3) is 11.2 Å². The molecule has 1 fully saturated rings. The zero-order valence-electron chi connectivity index (χ0n) is 10.9. The number of hydrogen-bond donors (Lipinski definition) is 1. The van der Waals surface area contributed by atoms with E-state index in [0.29, 0.717) is 10.7 Å². The lowest BCUT2D eigenvalue weighted by Gasteiger charge is -2.19. The number of nitrogens with zero attached hydrogens (tertiary/aromatic N) is 3. The largest absolute Gasteiger partial charge is 0.479 e. The highest BCUT2D eigenvalue weighted by atomic mass is 32.1. The number of fused-ring (bicyclic) bond motifs is 1. The van der Waals surface area contributed by atoms with Crippen molar-refractivity contribution in [2.75, 3.05) is 14.2 Å². The maximum absolute atomic E-state index is 5.55. The number of nitrogens with one attached hydrogen (secondary N) is 1. The third-order valence-corrected chi connectivity index (χ3v) is 4.02. The van der Waals surface area contributed by atoms with Gasteiger partial charge in [-0.2, -0.15) is 4.98 Å². The second-order valence-corrected chi connectivity index (χ2v) is 5.04. The minimum absolute atomic E-state index is 0.187. The highest BCUT2D eigenvalue weighted by Gasteiger charge is 2.31. The summed E-state index contributed by atoms with van der Waals surface area (Å²) >= 11 is 5.43. The van der Waals surface area contributed by atoms with Gasteiger partial charge in [0.15, 0.2) is 10.4 Å². The molecule has 1 aliphatic carbocycles. The fourth-order valence-corrected chi connectivity index (χ4v) is 3.18. The molecule has 0 bridgehead atoms. The van der Waals surface area contributed by atoms with Gasteiger partial charge >= 0.3 is 0 Å². The van der Waals surface area contributed by atoms with E-state index in [2.05, 4.69) is 15.0 Å². The third kappa shape index (κ3) is 1.93. The monoisotopic (exact) mass is 280 g/mol. The van der Waals surface area contributed by atoms with Gasteiger partial charge in [-0.15, -0.1) is 0 Å². The van der Waals surface area contributed by atoms with Crippen LogP contribution in [0.5, 0.6) is 5.88 Å². The normalized spacial score (nSPS) is 23.1. The van der Waals surface area contributed by atoms with Gasteiger partial charge in [-0.25, -0.2) is 4.98 Å². The molecule has 7 heteroatoms. The maximum Gasteiger partial charge on any atom is 0.242 e. The average Bonchev–Trinajstić information content (AvgIpc) is 3.00. The summed E-state index contributed by atoms with van der Waals surface area (Å²) in [6.07, 6.45) is 4.92. The predicted octanol–water partition coefficient (Wildman–Crippen LogP) is 2.24. The molecule has 0 spiro atoms. The minimum atomic E-state index is 0.187. The molecule has 0 aromatic carbocycles. The Morgan fingerprint density at radius 1 is 1.37 bits per heavy atom. The van der Waals surface area contributed by atoms with Crippen LogP contribution in [0, 0.1) is 4.77 Å². The number of imidazole rings is 1. The van der Waals surface area contributed by atoms with E-state index in [4.69, 9.17) is 21.7 Å². The molecule has 2 aromatic heterocycles. The van der Waals surface area contributed by atoms with Gasteiger partial charge in [0, 0.05) is 7.11 Å². The van der Waals surface area contributed by atoms with Gasteiger partial charge in [0.1, 0.15) is 11.8 Å². The highest BCUT2D eigenvalue weighted by Crippen LogP contribution is 2.35. The Kier molecular flexibility index (Phi) is 3.24. The fraction of sp³-hybridized carbons (Fsp3) is 0.583. The summed E-state index contributed by atoms with van der Waals surface area (Å²) < 4.78 is 13.5. The van der Waals surface area contributed by atoms with E-state index in [1.807, 2.05) is 4.57 Å². The van der Waals surface area contributed by atoms with Crippen LogP contribution in [-0.4, -0.2) is 39.8 Å². The highest BCUT2D eigenvalue weighted by molar-refractivity contribution is 7.71. The van der Waals surface area contributed by atoms with Crippen molar-refractivity contribution in [1.29, 1.82) is 0 Å². The molecule has 6 nitrogen and oxygen atoms in total. The topological polar surface area (TPSA) is 65.0 Å².